The number of primary amides is 1. The van der Waals surface area contributed by atoms with Crippen molar-refractivity contribution in [2.45, 2.75) is 203 Å². The molecule has 0 aliphatic carbocycles. The van der Waals surface area contributed by atoms with E-state index in [9.17, 15) is 112 Å². The van der Waals surface area contributed by atoms with Gasteiger partial charge in [0.15, 0.2) is 6.04 Å². The molecule has 568 valence electrons. The van der Waals surface area contributed by atoms with Crippen LogP contribution in [0.4, 0.5) is 0 Å². The van der Waals surface area contributed by atoms with E-state index in [1.165, 1.54) is 29.8 Å². The molecule has 1 aromatic carbocycles. The van der Waals surface area contributed by atoms with E-state index in [1.54, 1.807) is 52.0 Å². The minimum atomic E-state index is -2.20. The number of hydrogen-bond donors (Lipinski definition) is 21. The van der Waals surface area contributed by atoms with Crippen molar-refractivity contribution >= 4 is 117 Å². The van der Waals surface area contributed by atoms with E-state index in [0.29, 0.717) is 41.5 Å². The van der Waals surface area contributed by atoms with Gasteiger partial charge in [-0.3, -0.25) is 71.9 Å². The Hall–Kier alpha value is -9.57. The summed E-state index contributed by atoms with van der Waals surface area (Å²) in [4.78, 5) is 218. The van der Waals surface area contributed by atoms with Gasteiger partial charge < -0.3 is 116 Å². The largest absolute Gasteiger partial charge is 0.481 e. The Bertz CT molecular complexity index is 3320. The van der Waals surface area contributed by atoms with Crippen molar-refractivity contribution in [2.75, 3.05) is 31.8 Å². The van der Waals surface area contributed by atoms with Gasteiger partial charge in [0, 0.05) is 42.9 Å². The highest BCUT2D eigenvalue weighted by Gasteiger charge is 2.41. The molecule has 15 atom stereocenters. The number of carbonyl (C=O) groups is 16. The van der Waals surface area contributed by atoms with E-state index in [4.69, 9.17) is 11.5 Å². The number of para-hydroxylation sites is 1. The maximum absolute atomic E-state index is 14.5. The smallest absolute Gasteiger partial charge is 0.328 e. The van der Waals surface area contributed by atoms with Gasteiger partial charge in [0.1, 0.15) is 66.5 Å². The molecule has 39 heteroatoms. The summed E-state index contributed by atoms with van der Waals surface area (Å²) in [5.41, 5.74) is 12.4. The minimum Gasteiger partial charge on any atom is -0.481 e. The molecule has 0 bridgehead atoms. The Morgan fingerprint density at radius 1 is 0.559 bits per heavy atom. The summed E-state index contributed by atoms with van der Waals surface area (Å²) in [6, 6.07) is -15.1. The number of thioether (sulfide) groups is 1. The number of fused-ring (bicyclic) bond motifs is 1. The lowest BCUT2D eigenvalue weighted by Gasteiger charge is -2.30. The van der Waals surface area contributed by atoms with Gasteiger partial charge in [-0.15, -0.1) is 0 Å². The van der Waals surface area contributed by atoms with E-state index in [2.05, 4.69) is 63.5 Å². The normalized spacial score (nSPS) is 16.9. The Kier molecular flexibility index (Phi) is 35.7. The number of benzene rings is 1. The third-order valence-electron chi connectivity index (χ3n) is 16.2. The second-order valence-corrected chi connectivity index (χ2v) is 26.3. The van der Waals surface area contributed by atoms with Gasteiger partial charge in [0.05, 0.1) is 37.9 Å². The number of aromatic nitrogens is 1. The average Bonchev–Trinajstić information content (AvgIpc) is 1.63. The molecule has 0 radical (unpaired) electrons. The number of nitrogens with one attached hydrogen (secondary N) is 12. The van der Waals surface area contributed by atoms with Crippen LogP contribution >= 0.6 is 11.8 Å². The SMILES string of the molecule is CSCC[C@H](N)C(=O)N1CCC[C@H]1C(=O)N[C@H](C(=O)N[C@@H](C)C(=O)N[C@@H](CO)C(=O)N[C@H](C(=O)N[C@@H](CC(=O)O)C(=O)N[C@@H](CCC(N)=O)C(=O)N[C@@H](Cc1c[nH]c2ccccc12)C(=O)N[C@@H](CO)C(=O)N[C@@H](CCC(=O)O)C(=O)N[C@@H](CC(C)C)C(=O)N[C@H](C(=O)O)[C@@H](C)O)[C@@H](C)O)C(C)C. The molecule has 3 rings (SSSR count). The van der Waals surface area contributed by atoms with Gasteiger partial charge in [0.2, 0.25) is 76.8 Å². The molecule has 102 heavy (non-hydrogen) atoms. The standard InChI is InChI=1S/C63H97N15O23S/c1-28(2)22-39(56(93)77-50(32(7)82)63(100)101)70-53(90)38(16-18-46(84)85)69-57(94)42(26-79)74-54(91)40(23-33-25-66-36-13-10-9-12-34(33)36)71-52(89)37(15-17-45(65)83)68-55(92)41(24-47(86)87)72-61(98)49(31(6)81)76-58(95)43(27-80)73-51(88)30(5)67-60(97)48(29(3)4)75-59(96)44-14-11-20-78(44)62(99)35(64)19-21-102-8/h9-10,12-13,25,28-32,35,37-44,48-50,66,79-82H,11,14-24,26-27,64H2,1-8H3,(H2,65,83)(H,67,97)(H,68,92)(H,69,94)(H,70,90)(H,71,89)(H,72,98)(H,73,88)(H,74,91)(H,75,96)(H,76,95)(H,77,93)(H,84,85)(H,86,87)(H,100,101)/t30-,31+,32+,35-,37-,38-,39-,40-,41-,42-,43-,44-,48-,49-,50-/m0/s1. The fourth-order valence-electron chi connectivity index (χ4n) is 10.6. The Morgan fingerprint density at radius 2 is 1.04 bits per heavy atom. The maximum Gasteiger partial charge on any atom is 0.328 e. The highest BCUT2D eigenvalue weighted by molar-refractivity contribution is 7.98. The third kappa shape index (κ3) is 27.4. The van der Waals surface area contributed by atoms with Crippen molar-refractivity contribution in [2.24, 2.45) is 23.3 Å². The Balaban J connectivity index is 1.88. The number of hydrogen-bond acceptors (Lipinski definition) is 22. The van der Waals surface area contributed by atoms with Crippen LogP contribution in [-0.2, 0) is 83.1 Å². The number of carboxylic acid groups (broad SMARTS) is 3. The van der Waals surface area contributed by atoms with E-state index < -0.39 is 243 Å². The van der Waals surface area contributed by atoms with Crippen LogP contribution in [0.1, 0.15) is 112 Å². The van der Waals surface area contributed by atoms with Crippen molar-refractivity contribution < 1.29 is 112 Å². The van der Waals surface area contributed by atoms with Gasteiger partial charge in [-0.25, -0.2) is 4.79 Å². The molecule has 1 saturated heterocycles. The molecule has 2 aromatic rings. The van der Waals surface area contributed by atoms with Gasteiger partial charge >= 0.3 is 17.9 Å². The van der Waals surface area contributed by atoms with Crippen LogP contribution in [0.25, 0.3) is 10.9 Å². The lowest BCUT2D eigenvalue weighted by atomic mass is 10.0. The van der Waals surface area contributed by atoms with E-state index in [1.807, 2.05) is 6.26 Å². The van der Waals surface area contributed by atoms with E-state index in [-0.39, 0.29) is 18.9 Å². The van der Waals surface area contributed by atoms with Gasteiger partial charge in [-0.05, 0) is 94.8 Å². The monoisotopic (exact) mass is 1460 g/mol. The van der Waals surface area contributed by atoms with Crippen LogP contribution in [0, 0.1) is 11.8 Å². The first-order valence-corrected chi connectivity index (χ1v) is 34.2. The second kappa shape index (κ2) is 42.0. The number of aliphatic hydroxyl groups excluding tert-OH is 4. The van der Waals surface area contributed by atoms with Crippen LogP contribution < -0.4 is 70.0 Å². The van der Waals surface area contributed by atoms with Crippen molar-refractivity contribution in [3.05, 3.63) is 36.0 Å². The summed E-state index contributed by atoms with van der Waals surface area (Å²) in [6.07, 6.45) is -3.66. The fraction of sp³-hybridized carbons (Fsp3) is 0.619. The molecule has 0 saturated carbocycles. The number of rotatable bonds is 44. The topological polar surface area (TPSA) is 618 Å². The summed E-state index contributed by atoms with van der Waals surface area (Å²) >= 11 is 1.50. The number of nitrogens with zero attached hydrogens (tertiary/aromatic N) is 1. The van der Waals surface area contributed by atoms with Crippen LogP contribution in [0.15, 0.2) is 30.5 Å². The first-order valence-electron chi connectivity index (χ1n) is 32.8. The van der Waals surface area contributed by atoms with E-state index in [0.717, 1.165) is 13.8 Å². The average molecular weight is 1460 g/mol. The number of nitrogens with two attached hydrogens (primary N) is 2. The molecule has 13 amide bonds. The highest BCUT2D eigenvalue weighted by Crippen LogP contribution is 2.22. The molecule has 2 heterocycles. The zero-order chi connectivity index (χ0) is 77.0. The molecule has 1 aliphatic rings. The van der Waals surface area contributed by atoms with Crippen LogP contribution in [-0.4, -0.2) is 263 Å². The number of carboxylic acids is 3. The molecule has 0 spiro atoms. The zero-order valence-corrected chi connectivity index (χ0v) is 58.6. The summed E-state index contributed by atoms with van der Waals surface area (Å²) in [5.74, 6) is -19.5. The number of aromatic amines is 1. The summed E-state index contributed by atoms with van der Waals surface area (Å²) in [5, 5.41) is 96.0. The molecular weight excluding hydrogens is 1370 g/mol. The summed E-state index contributed by atoms with van der Waals surface area (Å²) < 4.78 is 0. The lowest BCUT2D eigenvalue weighted by Crippen LogP contribution is -2.62. The number of H-pyrrole nitrogens is 1. The highest BCUT2D eigenvalue weighted by atomic mass is 32.2. The number of aliphatic hydroxyl groups is 4. The minimum absolute atomic E-state index is 0.137. The molecule has 0 unspecified atom stereocenters. The predicted molar refractivity (Wildman–Crippen MR) is 362 cm³/mol. The quantitative estimate of drug-likeness (QED) is 0.0293. The first kappa shape index (κ1) is 86.7. The van der Waals surface area contributed by atoms with Crippen molar-refractivity contribution in [1.82, 2.24) is 68.4 Å². The Labute approximate surface area is 590 Å². The number of carbonyl (C=O) groups excluding carboxylic acids is 13. The van der Waals surface area contributed by atoms with Crippen LogP contribution in [0.5, 0.6) is 0 Å². The van der Waals surface area contributed by atoms with E-state index >= 15 is 0 Å². The van der Waals surface area contributed by atoms with Gasteiger partial charge in [-0.2, -0.15) is 11.8 Å². The molecule has 1 aliphatic heterocycles. The summed E-state index contributed by atoms with van der Waals surface area (Å²) in [7, 11) is 0. The molecule has 1 fully saturated rings. The maximum atomic E-state index is 14.5. The van der Waals surface area contributed by atoms with Crippen molar-refractivity contribution in [1.29, 1.82) is 0 Å². The molecule has 38 nitrogen and oxygen atoms in total. The van der Waals surface area contributed by atoms with Crippen LogP contribution in [0.3, 0.4) is 0 Å². The van der Waals surface area contributed by atoms with Crippen molar-refractivity contribution in [3.63, 3.8) is 0 Å². The fourth-order valence-corrected chi connectivity index (χ4v) is 11.0. The predicted octanol–water partition coefficient (Wildman–Crippen LogP) is -6.73. The van der Waals surface area contributed by atoms with Crippen molar-refractivity contribution in [3.8, 4) is 0 Å². The summed E-state index contributed by atoms with van der Waals surface area (Å²) in [6.45, 7) is 7.63. The van der Waals surface area contributed by atoms with Crippen LogP contribution in [0.2, 0.25) is 0 Å². The second-order valence-electron chi connectivity index (χ2n) is 25.4. The number of likely N-dealkylation sites (tertiary alicyclic amines) is 1. The molecule has 23 N–H and O–H groups in total. The lowest BCUT2D eigenvalue weighted by molar-refractivity contribution is -0.145. The third-order valence-corrected chi connectivity index (χ3v) is 16.8. The molecule has 1 aromatic heterocycles. The number of aliphatic carboxylic acids is 3. The number of amides is 13. The Morgan fingerprint density at radius 3 is 1.57 bits per heavy atom. The van der Waals surface area contributed by atoms with Gasteiger partial charge in [0.25, 0.3) is 0 Å². The zero-order valence-electron chi connectivity index (χ0n) is 57.8. The van der Waals surface area contributed by atoms with Gasteiger partial charge in [-0.1, -0.05) is 45.9 Å². The molecular formula is C63H97N15O23S. The first-order chi connectivity index (χ1) is 47.8.